The summed E-state index contributed by atoms with van der Waals surface area (Å²) >= 11 is 0. The molecule has 156 valence electrons. The number of fused-ring (bicyclic) bond motifs is 1. The van der Waals surface area contributed by atoms with Crippen molar-refractivity contribution in [1.82, 2.24) is 14.9 Å². The van der Waals surface area contributed by atoms with Gasteiger partial charge in [-0.15, -0.1) is 0 Å². The van der Waals surface area contributed by atoms with E-state index in [1.54, 1.807) is 14.2 Å². The predicted molar refractivity (Wildman–Crippen MR) is 113 cm³/mol. The molecular formula is C22H30N4O3. The van der Waals surface area contributed by atoms with Gasteiger partial charge in [-0.25, -0.2) is 4.98 Å². The zero-order chi connectivity index (χ0) is 20.2. The third-order valence-corrected chi connectivity index (χ3v) is 5.89. The molecule has 0 unspecified atom stereocenters. The van der Waals surface area contributed by atoms with Gasteiger partial charge in [-0.1, -0.05) is 18.9 Å². The first-order valence-corrected chi connectivity index (χ1v) is 10.5. The summed E-state index contributed by atoms with van der Waals surface area (Å²) in [6.45, 7) is 4.22. The van der Waals surface area contributed by atoms with Gasteiger partial charge in [0.15, 0.2) is 11.5 Å². The van der Waals surface area contributed by atoms with E-state index in [-0.39, 0.29) is 5.56 Å². The van der Waals surface area contributed by atoms with Gasteiger partial charge in [-0.2, -0.15) is 0 Å². The fraction of sp³-hybridized carbons (Fsp3) is 0.545. The Morgan fingerprint density at radius 1 is 1.03 bits per heavy atom. The fourth-order valence-electron chi connectivity index (χ4n) is 4.27. The van der Waals surface area contributed by atoms with E-state index in [2.05, 4.69) is 14.8 Å². The lowest BCUT2D eigenvalue weighted by Crippen LogP contribution is -2.37. The van der Waals surface area contributed by atoms with Crippen molar-refractivity contribution >= 4 is 5.95 Å². The maximum Gasteiger partial charge on any atom is 0.257 e. The van der Waals surface area contributed by atoms with Crippen molar-refractivity contribution in [2.24, 2.45) is 0 Å². The number of benzene rings is 1. The number of aromatic amines is 1. The van der Waals surface area contributed by atoms with Crippen molar-refractivity contribution in [1.29, 1.82) is 0 Å². The zero-order valence-corrected chi connectivity index (χ0v) is 17.4. The second-order valence-electron chi connectivity index (χ2n) is 7.87. The Labute approximate surface area is 171 Å². The first-order valence-electron chi connectivity index (χ1n) is 10.5. The second kappa shape index (κ2) is 8.86. The number of anilines is 1. The van der Waals surface area contributed by atoms with Crippen LogP contribution in [0.1, 0.15) is 42.5 Å². The molecule has 1 fully saturated rings. The number of ether oxygens (including phenoxy) is 2. The molecule has 1 aromatic carbocycles. The molecule has 2 aromatic rings. The molecule has 0 radical (unpaired) electrons. The summed E-state index contributed by atoms with van der Waals surface area (Å²) in [4.78, 5) is 25.2. The highest BCUT2D eigenvalue weighted by Crippen LogP contribution is 2.28. The first-order chi connectivity index (χ1) is 14.2. The summed E-state index contributed by atoms with van der Waals surface area (Å²) in [7, 11) is 3.28. The highest BCUT2D eigenvalue weighted by Gasteiger charge is 2.23. The topological polar surface area (TPSA) is 70.7 Å². The molecule has 0 bridgehead atoms. The lowest BCUT2D eigenvalue weighted by Gasteiger charge is -2.29. The Morgan fingerprint density at radius 3 is 2.52 bits per heavy atom. The van der Waals surface area contributed by atoms with Crippen LogP contribution in [-0.2, 0) is 19.5 Å². The monoisotopic (exact) mass is 398 g/mol. The molecule has 7 nitrogen and oxygen atoms in total. The minimum absolute atomic E-state index is 0.00579. The van der Waals surface area contributed by atoms with Gasteiger partial charge in [0.05, 0.1) is 25.5 Å². The van der Waals surface area contributed by atoms with Crippen molar-refractivity contribution in [2.45, 2.75) is 45.2 Å². The van der Waals surface area contributed by atoms with E-state index in [1.807, 2.05) is 18.2 Å². The van der Waals surface area contributed by atoms with E-state index in [1.165, 1.54) is 25.7 Å². The van der Waals surface area contributed by atoms with E-state index in [9.17, 15) is 4.79 Å². The molecule has 29 heavy (non-hydrogen) atoms. The lowest BCUT2D eigenvalue weighted by molar-refractivity contribution is 0.241. The number of nitrogens with zero attached hydrogens (tertiary/aromatic N) is 3. The minimum atomic E-state index is 0.00579. The van der Waals surface area contributed by atoms with Gasteiger partial charge < -0.3 is 14.4 Å². The zero-order valence-electron chi connectivity index (χ0n) is 17.4. The van der Waals surface area contributed by atoms with E-state index in [4.69, 9.17) is 14.5 Å². The summed E-state index contributed by atoms with van der Waals surface area (Å²) < 4.78 is 10.7. The third kappa shape index (κ3) is 4.40. The quantitative estimate of drug-likeness (QED) is 0.835. The van der Waals surface area contributed by atoms with Gasteiger partial charge >= 0.3 is 0 Å². The van der Waals surface area contributed by atoms with Gasteiger partial charge in [0.25, 0.3) is 5.56 Å². The second-order valence-corrected chi connectivity index (χ2v) is 7.87. The first kappa shape index (κ1) is 19.8. The van der Waals surface area contributed by atoms with E-state index in [0.29, 0.717) is 6.54 Å². The van der Waals surface area contributed by atoms with Crippen LogP contribution in [-0.4, -0.2) is 48.7 Å². The number of aromatic nitrogens is 2. The maximum absolute atomic E-state index is 12.8. The summed E-state index contributed by atoms with van der Waals surface area (Å²) in [6.07, 6.45) is 5.65. The number of H-pyrrole nitrogens is 1. The molecule has 4 rings (SSSR count). The Bertz CT molecular complexity index is 903. The van der Waals surface area contributed by atoms with Crippen LogP contribution >= 0.6 is 0 Å². The maximum atomic E-state index is 12.8. The Kier molecular flexibility index (Phi) is 6.04. The van der Waals surface area contributed by atoms with Crippen LogP contribution in [0.2, 0.25) is 0 Å². The van der Waals surface area contributed by atoms with Gasteiger partial charge in [-0.3, -0.25) is 14.7 Å². The molecule has 2 aliphatic rings. The molecular weight excluding hydrogens is 368 g/mol. The number of hydrogen-bond donors (Lipinski definition) is 1. The van der Waals surface area contributed by atoms with Crippen molar-refractivity contribution < 1.29 is 9.47 Å². The molecule has 0 amide bonds. The van der Waals surface area contributed by atoms with Crippen LogP contribution < -0.4 is 19.9 Å². The predicted octanol–water partition coefficient (Wildman–Crippen LogP) is 2.73. The van der Waals surface area contributed by atoms with Crippen LogP contribution in [0, 0.1) is 0 Å². The van der Waals surface area contributed by atoms with Gasteiger partial charge in [0, 0.05) is 39.1 Å². The highest BCUT2D eigenvalue weighted by atomic mass is 16.5. The molecule has 7 heteroatoms. The van der Waals surface area contributed by atoms with Crippen LogP contribution in [0.5, 0.6) is 11.5 Å². The number of hydrogen-bond acceptors (Lipinski definition) is 6. The normalized spacial score (nSPS) is 17.5. The molecule has 3 heterocycles. The summed E-state index contributed by atoms with van der Waals surface area (Å²) in [5.41, 5.74) is 2.90. The molecule has 0 atom stereocenters. The average molecular weight is 399 g/mol. The fourth-order valence-corrected chi connectivity index (χ4v) is 4.27. The van der Waals surface area contributed by atoms with E-state index in [0.717, 1.165) is 66.9 Å². The van der Waals surface area contributed by atoms with Crippen LogP contribution in [0.3, 0.4) is 0 Å². The number of rotatable bonds is 5. The van der Waals surface area contributed by atoms with Crippen LogP contribution in [0.25, 0.3) is 0 Å². The van der Waals surface area contributed by atoms with Crippen molar-refractivity contribution in [3.8, 4) is 11.5 Å². The van der Waals surface area contributed by atoms with E-state index < -0.39 is 0 Å². The van der Waals surface area contributed by atoms with Crippen molar-refractivity contribution in [2.75, 3.05) is 38.8 Å². The molecule has 1 saturated heterocycles. The van der Waals surface area contributed by atoms with Gasteiger partial charge in [-0.05, 0) is 30.5 Å². The molecule has 1 N–H and O–H groups in total. The van der Waals surface area contributed by atoms with E-state index >= 15 is 0 Å². The van der Waals surface area contributed by atoms with Crippen LogP contribution in [0.4, 0.5) is 5.95 Å². The average Bonchev–Trinajstić information content (AvgIpc) is 3.03. The number of methoxy groups -OCH3 is 2. The minimum Gasteiger partial charge on any atom is -0.493 e. The summed E-state index contributed by atoms with van der Waals surface area (Å²) in [6, 6.07) is 5.97. The molecule has 0 aliphatic carbocycles. The molecule has 0 saturated carbocycles. The third-order valence-electron chi connectivity index (χ3n) is 5.89. The van der Waals surface area contributed by atoms with Crippen LogP contribution in [0.15, 0.2) is 23.0 Å². The summed E-state index contributed by atoms with van der Waals surface area (Å²) in [5, 5.41) is 0. The smallest absolute Gasteiger partial charge is 0.257 e. The van der Waals surface area contributed by atoms with Gasteiger partial charge in [0.2, 0.25) is 5.95 Å². The Balaban J connectivity index is 1.49. The summed E-state index contributed by atoms with van der Waals surface area (Å²) in [5.74, 6) is 2.20. The van der Waals surface area contributed by atoms with Gasteiger partial charge in [0.1, 0.15) is 0 Å². The standard InChI is InChI=1S/C22H30N4O3/c1-28-19-8-7-16(13-20(19)29-2)14-25-12-9-18-17(15-25)21(27)24-22(23-18)26-10-5-3-4-6-11-26/h7-8,13H,3-6,9-12,14-15H2,1-2H3,(H,23,24,27). The van der Waals surface area contributed by atoms with Crippen molar-refractivity contribution in [3.63, 3.8) is 0 Å². The molecule has 1 aromatic heterocycles. The lowest BCUT2D eigenvalue weighted by atomic mass is 10.1. The largest absolute Gasteiger partial charge is 0.493 e. The van der Waals surface area contributed by atoms with Crippen molar-refractivity contribution in [3.05, 3.63) is 45.4 Å². The number of nitrogens with one attached hydrogen (secondary N) is 1. The molecule has 0 spiro atoms. The Hall–Kier alpha value is -2.54. The highest BCUT2D eigenvalue weighted by molar-refractivity contribution is 5.43. The Morgan fingerprint density at radius 2 is 1.79 bits per heavy atom. The SMILES string of the molecule is COc1ccc(CN2CCc3nc(N4CCCCCC4)[nH]c(=O)c3C2)cc1OC. The molecule has 2 aliphatic heterocycles.